The van der Waals surface area contributed by atoms with Crippen molar-refractivity contribution in [1.82, 2.24) is 9.38 Å². The van der Waals surface area contributed by atoms with Crippen LogP contribution >= 0.6 is 11.6 Å². The van der Waals surface area contributed by atoms with E-state index in [4.69, 9.17) is 21.3 Å². The van der Waals surface area contributed by atoms with Crippen LogP contribution in [0.2, 0.25) is 5.02 Å². The fourth-order valence-corrected chi connectivity index (χ4v) is 2.59. The first-order valence-corrected chi connectivity index (χ1v) is 7.95. The third kappa shape index (κ3) is 2.81. The van der Waals surface area contributed by atoms with Crippen LogP contribution in [0.3, 0.4) is 0 Å². The van der Waals surface area contributed by atoms with E-state index in [2.05, 4.69) is 24.3 Å². The quantitative estimate of drug-likeness (QED) is 0.609. The monoisotopic (exact) mass is 314 g/mol. The summed E-state index contributed by atoms with van der Waals surface area (Å²) in [5.74, 6) is 0.685. The van der Waals surface area contributed by atoms with Crippen LogP contribution in [0, 0.1) is 6.92 Å². The Balaban J connectivity index is 2.13. The van der Waals surface area contributed by atoms with Crippen molar-refractivity contribution >= 4 is 17.2 Å². The molecule has 3 aromatic rings. The number of pyridine rings is 1. The fourth-order valence-electron chi connectivity index (χ4n) is 2.47. The van der Waals surface area contributed by atoms with E-state index in [1.54, 1.807) is 0 Å². The molecule has 0 aliphatic heterocycles. The lowest BCUT2D eigenvalue weighted by Gasteiger charge is -2.07. The Hall–Kier alpha value is -2.00. The average molecular weight is 315 g/mol. The summed E-state index contributed by atoms with van der Waals surface area (Å²) in [4.78, 5) is 4.69. The number of aryl methyl sites for hydroxylation is 1. The number of fused-ring (bicyclic) bond motifs is 1. The van der Waals surface area contributed by atoms with Gasteiger partial charge in [0.25, 0.3) is 0 Å². The van der Waals surface area contributed by atoms with Crippen molar-refractivity contribution in [3.05, 3.63) is 53.2 Å². The molecule has 0 atom stereocenters. The van der Waals surface area contributed by atoms with Crippen molar-refractivity contribution in [2.24, 2.45) is 0 Å². The van der Waals surface area contributed by atoms with E-state index in [1.807, 2.05) is 36.5 Å². The summed E-state index contributed by atoms with van der Waals surface area (Å²) in [5.41, 5.74) is 4.09. The van der Waals surface area contributed by atoms with E-state index in [0.717, 1.165) is 40.3 Å². The molecule has 0 saturated carbocycles. The van der Waals surface area contributed by atoms with Gasteiger partial charge in [-0.25, -0.2) is 0 Å². The van der Waals surface area contributed by atoms with Crippen molar-refractivity contribution in [3.8, 4) is 17.1 Å². The van der Waals surface area contributed by atoms with Gasteiger partial charge in [-0.1, -0.05) is 43.1 Å². The summed E-state index contributed by atoms with van der Waals surface area (Å²) in [7, 11) is 0. The number of hydrogen-bond acceptors (Lipinski definition) is 2. The first-order valence-electron chi connectivity index (χ1n) is 7.57. The molecule has 0 aliphatic rings. The number of ether oxygens (including phenoxy) is 1. The highest BCUT2D eigenvalue weighted by atomic mass is 35.5. The van der Waals surface area contributed by atoms with Crippen molar-refractivity contribution in [2.75, 3.05) is 6.61 Å². The van der Waals surface area contributed by atoms with Gasteiger partial charge in [0.2, 0.25) is 5.88 Å². The SMILES string of the molecule is CCCCOc1nc2c(C)cccn2c1-c1ccc(Cl)cc1. The zero-order chi connectivity index (χ0) is 15.5. The topological polar surface area (TPSA) is 26.5 Å². The van der Waals surface area contributed by atoms with Crippen LogP contribution in [-0.2, 0) is 0 Å². The Morgan fingerprint density at radius 1 is 1.18 bits per heavy atom. The third-order valence-electron chi connectivity index (χ3n) is 3.67. The predicted molar refractivity (Wildman–Crippen MR) is 90.8 cm³/mol. The van der Waals surface area contributed by atoms with Crippen molar-refractivity contribution < 1.29 is 4.74 Å². The number of aromatic nitrogens is 2. The van der Waals surface area contributed by atoms with Crippen molar-refractivity contribution in [2.45, 2.75) is 26.7 Å². The molecule has 0 amide bonds. The Bertz CT molecular complexity index is 778. The maximum absolute atomic E-state index is 6.01. The van der Waals surface area contributed by atoms with E-state index in [1.165, 1.54) is 0 Å². The molecule has 114 valence electrons. The fraction of sp³-hybridized carbons (Fsp3) is 0.278. The molecule has 1 aromatic carbocycles. The molecule has 4 heteroatoms. The molecule has 0 spiro atoms. The zero-order valence-electron chi connectivity index (χ0n) is 12.8. The van der Waals surface area contributed by atoms with Crippen molar-refractivity contribution in [1.29, 1.82) is 0 Å². The molecule has 22 heavy (non-hydrogen) atoms. The second kappa shape index (κ2) is 6.41. The second-order valence-electron chi connectivity index (χ2n) is 5.36. The number of rotatable bonds is 5. The number of benzene rings is 1. The smallest absolute Gasteiger partial charge is 0.240 e. The Labute approximate surface area is 135 Å². The van der Waals surface area contributed by atoms with Gasteiger partial charge in [-0.05, 0) is 37.1 Å². The van der Waals surface area contributed by atoms with Gasteiger partial charge in [-0.15, -0.1) is 0 Å². The second-order valence-corrected chi connectivity index (χ2v) is 5.80. The maximum Gasteiger partial charge on any atom is 0.240 e. The third-order valence-corrected chi connectivity index (χ3v) is 3.92. The van der Waals surface area contributed by atoms with Gasteiger partial charge in [-0.3, -0.25) is 4.40 Å². The summed E-state index contributed by atoms with van der Waals surface area (Å²) in [6.45, 7) is 4.89. The van der Waals surface area contributed by atoms with Crippen LogP contribution in [0.4, 0.5) is 0 Å². The summed E-state index contributed by atoms with van der Waals surface area (Å²) >= 11 is 6.01. The highest BCUT2D eigenvalue weighted by molar-refractivity contribution is 6.30. The van der Waals surface area contributed by atoms with Crippen LogP contribution in [0.5, 0.6) is 5.88 Å². The van der Waals surface area contributed by atoms with E-state index in [0.29, 0.717) is 12.5 Å². The minimum Gasteiger partial charge on any atom is -0.476 e. The molecule has 2 heterocycles. The molecule has 0 saturated heterocycles. The lowest BCUT2D eigenvalue weighted by Crippen LogP contribution is -1.98. The standard InChI is InChI=1S/C18H19ClN2O/c1-3-4-12-22-18-16(14-7-9-15(19)10-8-14)21-11-5-6-13(2)17(21)20-18/h5-11H,3-4,12H2,1-2H3. The maximum atomic E-state index is 6.01. The summed E-state index contributed by atoms with van der Waals surface area (Å²) < 4.78 is 8.02. The first kappa shape index (κ1) is 14.9. The number of hydrogen-bond donors (Lipinski definition) is 0. The number of halogens is 1. The Kier molecular flexibility index (Phi) is 4.34. The number of nitrogens with zero attached hydrogens (tertiary/aromatic N) is 2. The van der Waals surface area contributed by atoms with Crippen LogP contribution < -0.4 is 4.74 Å². The minimum atomic E-state index is 0.681. The summed E-state index contributed by atoms with van der Waals surface area (Å²) in [6, 6.07) is 11.9. The zero-order valence-corrected chi connectivity index (χ0v) is 13.6. The summed E-state index contributed by atoms with van der Waals surface area (Å²) in [6.07, 6.45) is 4.14. The molecule has 0 N–H and O–H groups in total. The highest BCUT2D eigenvalue weighted by Gasteiger charge is 2.16. The Morgan fingerprint density at radius 2 is 1.95 bits per heavy atom. The van der Waals surface area contributed by atoms with Gasteiger partial charge in [0.1, 0.15) is 11.3 Å². The Morgan fingerprint density at radius 3 is 2.68 bits per heavy atom. The van der Waals surface area contributed by atoms with Gasteiger partial charge in [-0.2, -0.15) is 4.98 Å². The predicted octanol–water partition coefficient (Wildman–Crippen LogP) is 5.14. The van der Waals surface area contributed by atoms with Gasteiger partial charge in [0.15, 0.2) is 0 Å². The number of imidazole rings is 1. The molecule has 0 radical (unpaired) electrons. The molecule has 3 rings (SSSR count). The molecule has 0 bridgehead atoms. The van der Waals surface area contributed by atoms with Gasteiger partial charge < -0.3 is 4.74 Å². The van der Waals surface area contributed by atoms with E-state index in [9.17, 15) is 0 Å². The summed E-state index contributed by atoms with van der Waals surface area (Å²) in [5, 5.41) is 0.724. The van der Waals surface area contributed by atoms with Gasteiger partial charge in [0, 0.05) is 16.8 Å². The van der Waals surface area contributed by atoms with E-state index in [-0.39, 0.29) is 0 Å². The minimum absolute atomic E-state index is 0.681. The highest BCUT2D eigenvalue weighted by Crippen LogP contribution is 2.32. The average Bonchev–Trinajstić information content (AvgIpc) is 2.88. The normalized spacial score (nSPS) is 11.0. The molecule has 0 fully saturated rings. The van der Waals surface area contributed by atoms with E-state index < -0.39 is 0 Å². The largest absolute Gasteiger partial charge is 0.476 e. The first-order chi connectivity index (χ1) is 10.7. The van der Waals surface area contributed by atoms with Crippen LogP contribution in [0.1, 0.15) is 25.3 Å². The lowest BCUT2D eigenvalue weighted by molar-refractivity contribution is 0.301. The van der Waals surface area contributed by atoms with Crippen LogP contribution in [0.15, 0.2) is 42.6 Å². The molecule has 0 aliphatic carbocycles. The van der Waals surface area contributed by atoms with E-state index >= 15 is 0 Å². The molecule has 3 nitrogen and oxygen atoms in total. The molecular formula is C18H19ClN2O. The number of unbranched alkanes of at least 4 members (excludes halogenated alkanes) is 1. The molecular weight excluding hydrogens is 296 g/mol. The molecule has 0 unspecified atom stereocenters. The van der Waals surface area contributed by atoms with Crippen LogP contribution in [0.25, 0.3) is 16.9 Å². The van der Waals surface area contributed by atoms with Crippen molar-refractivity contribution in [3.63, 3.8) is 0 Å². The van der Waals surface area contributed by atoms with Crippen LogP contribution in [-0.4, -0.2) is 16.0 Å². The molecule has 2 aromatic heterocycles. The van der Waals surface area contributed by atoms with Gasteiger partial charge >= 0.3 is 0 Å². The lowest BCUT2D eigenvalue weighted by atomic mass is 10.1. The van der Waals surface area contributed by atoms with Gasteiger partial charge in [0.05, 0.1) is 6.61 Å².